The third kappa shape index (κ3) is 2.45. The number of aliphatic hydroxyl groups is 1. The van der Waals surface area contributed by atoms with Crippen molar-refractivity contribution in [2.24, 2.45) is 0 Å². The number of likely N-dealkylation sites (N-methyl/N-ethyl adjacent to an activating group) is 1. The second-order valence-corrected chi connectivity index (χ2v) is 6.27. The quantitative estimate of drug-likeness (QED) is 0.900. The average molecular weight is 275 g/mol. The molecule has 0 saturated heterocycles. The Balaban J connectivity index is 1.79. The molecule has 1 aromatic rings. The molecule has 1 aliphatic heterocycles. The SMILES string of the molecule is Cc1cccc2c1OCC(N(C)C1CCCCC1)C2O. The highest BCUT2D eigenvalue weighted by Gasteiger charge is 2.35. The Morgan fingerprint density at radius 3 is 2.70 bits per heavy atom. The van der Waals surface area contributed by atoms with Gasteiger partial charge in [-0.15, -0.1) is 0 Å². The van der Waals surface area contributed by atoms with E-state index in [9.17, 15) is 5.11 Å². The van der Waals surface area contributed by atoms with Crippen LogP contribution in [0.25, 0.3) is 0 Å². The van der Waals surface area contributed by atoms with Gasteiger partial charge in [0.1, 0.15) is 18.5 Å². The zero-order valence-corrected chi connectivity index (χ0v) is 12.5. The maximum Gasteiger partial charge on any atom is 0.128 e. The van der Waals surface area contributed by atoms with Crippen molar-refractivity contribution in [3.8, 4) is 5.75 Å². The van der Waals surface area contributed by atoms with Crippen LogP contribution in [0.2, 0.25) is 0 Å². The van der Waals surface area contributed by atoms with Crippen molar-refractivity contribution in [2.75, 3.05) is 13.7 Å². The topological polar surface area (TPSA) is 32.7 Å². The highest BCUT2D eigenvalue weighted by atomic mass is 16.5. The lowest BCUT2D eigenvalue weighted by Crippen LogP contribution is -2.49. The maximum absolute atomic E-state index is 10.7. The largest absolute Gasteiger partial charge is 0.491 e. The van der Waals surface area contributed by atoms with Gasteiger partial charge in [0.25, 0.3) is 0 Å². The Bertz CT molecular complexity index is 468. The minimum absolute atomic E-state index is 0.0763. The summed E-state index contributed by atoms with van der Waals surface area (Å²) in [6.07, 6.45) is 6.05. The van der Waals surface area contributed by atoms with Crippen molar-refractivity contribution < 1.29 is 9.84 Å². The van der Waals surface area contributed by atoms with Gasteiger partial charge in [0.05, 0.1) is 6.04 Å². The smallest absolute Gasteiger partial charge is 0.128 e. The van der Waals surface area contributed by atoms with Gasteiger partial charge in [-0.05, 0) is 32.4 Å². The molecule has 2 aliphatic rings. The van der Waals surface area contributed by atoms with Gasteiger partial charge in [0, 0.05) is 11.6 Å². The molecule has 110 valence electrons. The Morgan fingerprint density at radius 2 is 1.95 bits per heavy atom. The number of aryl methyl sites for hydroxylation is 1. The first-order chi connectivity index (χ1) is 9.68. The predicted octanol–water partition coefficient (Wildman–Crippen LogP) is 3.05. The Labute approximate surface area is 121 Å². The second-order valence-electron chi connectivity index (χ2n) is 6.27. The number of para-hydroxylation sites is 1. The molecule has 0 radical (unpaired) electrons. The Kier molecular flexibility index (Phi) is 3.99. The summed E-state index contributed by atoms with van der Waals surface area (Å²) < 4.78 is 5.95. The molecule has 3 heteroatoms. The zero-order valence-electron chi connectivity index (χ0n) is 12.5. The maximum atomic E-state index is 10.7. The molecule has 0 amide bonds. The monoisotopic (exact) mass is 275 g/mol. The van der Waals surface area contributed by atoms with Crippen LogP contribution in [-0.2, 0) is 0 Å². The molecular weight excluding hydrogens is 250 g/mol. The highest BCUT2D eigenvalue weighted by Crippen LogP contribution is 2.37. The third-order valence-corrected chi connectivity index (χ3v) is 5.00. The molecule has 1 fully saturated rings. The molecule has 1 saturated carbocycles. The summed E-state index contributed by atoms with van der Waals surface area (Å²) in [6.45, 7) is 2.63. The van der Waals surface area contributed by atoms with Crippen molar-refractivity contribution in [3.05, 3.63) is 29.3 Å². The normalized spacial score (nSPS) is 27.2. The number of hydrogen-bond acceptors (Lipinski definition) is 3. The molecule has 2 unspecified atom stereocenters. The van der Waals surface area contributed by atoms with Gasteiger partial charge in [0.2, 0.25) is 0 Å². The molecule has 0 spiro atoms. The summed E-state index contributed by atoms with van der Waals surface area (Å²) in [5, 5.41) is 10.7. The molecule has 3 rings (SSSR count). The van der Waals surface area contributed by atoms with Gasteiger partial charge in [0.15, 0.2) is 0 Å². The van der Waals surface area contributed by atoms with Gasteiger partial charge in [-0.2, -0.15) is 0 Å². The van der Waals surface area contributed by atoms with E-state index in [4.69, 9.17) is 4.74 Å². The van der Waals surface area contributed by atoms with E-state index in [1.54, 1.807) is 0 Å². The molecular formula is C17H25NO2. The molecule has 0 aromatic heterocycles. The van der Waals surface area contributed by atoms with E-state index < -0.39 is 6.10 Å². The summed E-state index contributed by atoms with van der Waals surface area (Å²) in [7, 11) is 2.15. The molecule has 2 atom stereocenters. The third-order valence-electron chi connectivity index (χ3n) is 5.00. The van der Waals surface area contributed by atoms with Crippen LogP contribution in [0.3, 0.4) is 0 Å². The van der Waals surface area contributed by atoms with Crippen molar-refractivity contribution >= 4 is 0 Å². The van der Waals surface area contributed by atoms with Crippen molar-refractivity contribution in [3.63, 3.8) is 0 Å². The summed E-state index contributed by atoms with van der Waals surface area (Å²) in [5.74, 6) is 0.883. The molecule has 1 aromatic carbocycles. The van der Waals surface area contributed by atoms with Crippen LogP contribution >= 0.6 is 0 Å². The molecule has 1 N–H and O–H groups in total. The number of nitrogens with zero attached hydrogens (tertiary/aromatic N) is 1. The Morgan fingerprint density at radius 1 is 1.20 bits per heavy atom. The van der Waals surface area contributed by atoms with Crippen LogP contribution in [0.1, 0.15) is 49.3 Å². The van der Waals surface area contributed by atoms with Crippen molar-refractivity contribution in [1.29, 1.82) is 0 Å². The number of fused-ring (bicyclic) bond motifs is 1. The molecule has 1 aliphatic carbocycles. The van der Waals surface area contributed by atoms with Crippen LogP contribution in [0, 0.1) is 6.92 Å². The average Bonchev–Trinajstić information content (AvgIpc) is 2.49. The lowest BCUT2D eigenvalue weighted by molar-refractivity contribution is -0.0102. The van der Waals surface area contributed by atoms with Gasteiger partial charge < -0.3 is 9.84 Å². The number of aliphatic hydroxyl groups excluding tert-OH is 1. The van der Waals surface area contributed by atoms with Crippen LogP contribution in [0.4, 0.5) is 0 Å². The fourth-order valence-corrected chi connectivity index (χ4v) is 3.67. The lowest BCUT2D eigenvalue weighted by Gasteiger charge is -2.41. The van der Waals surface area contributed by atoms with E-state index >= 15 is 0 Å². The Hall–Kier alpha value is -1.06. The van der Waals surface area contributed by atoms with Crippen LogP contribution < -0.4 is 4.74 Å². The summed E-state index contributed by atoms with van der Waals surface area (Å²) in [4.78, 5) is 2.36. The summed E-state index contributed by atoms with van der Waals surface area (Å²) in [6, 6.07) is 6.71. The van der Waals surface area contributed by atoms with Gasteiger partial charge >= 0.3 is 0 Å². The molecule has 3 nitrogen and oxygen atoms in total. The van der Waals surface area contributed by atoms with E-state index in [1.807, 2.05) is 25.1 Å². The number of rotatable bonds is 2. The molecule has 1 heterocycles. The van der Waals surface area contributed by atoms with Crippen molar-refractivity contribution in [1.82, 2.24) is 4.90 Å². The van der Waals surface area contributed by atoms with Gasteiger partial charge in [-0.25, -0.2) is 0 Å². The number of benzene rings is 1. The van der Waals surface area contributed by atoms with Crippen LogP contribution in [-0.4, -0.2) is 35.7 Å². The summed E-state index contributed by atoms with van der Waals surface area (Å²) >= 11 is 0. The van der Waals surface area contributed by atoms with Gasteiger partial charge in [-0.1, -0.05) is 37.5 Å². The standard InChI is InChI=1S/C17H25NO2/c1-12-7-6-10-14-16(19)15(11-20-17(12)14)18(2)13-8-4-3-5-9-13/h6-7,10,13,15-16,19H,3-5,8-9,11H2,1-2H3. The molecule has 20 heavy (non-hydrogen) atoms. The fourth-order valence-electron chi connectivity index (χ4n) is 3.67. The van der Waals surface area contributed by atoms with Crippen molar-refractivity contribution in [2.45, 2.75) is 57.2 Å². The first-order valence-electron chi connectivity index (χ1n) is 7.81. The minimum atomic E-state index is -0.439. The van der Waals surface area contributed by atoms with Crippen LogP contribution in [0.5, 0.6) is 5.75 Å². The van der Waals surface area contributed by atoms with E-state index in [0.717, 1.165) is 16.9 Å². The molecule has 0 bridgehead atoms. The first-order valence-corrected chi connectivity index (χ1v) is 7.81. The summed E-state index contributed by atoms with van der Waals surface area (Å²) in [5.41, 5.74) is 2.06. The highest BCUT2D eigenvalue weighted by molar-refractivity contribution is 5.44. The predicted molar refractivity (Wildman–Crippen MR) is 80.1 cm³/mol. The second kappa shape index (κ2) is 5.74. The van der Waals surface area contributed by atoms with E-state index in [2.05, 4.69) is 11.9 Å². The zero-order chi connectivity index (χ0) is 14.1. The minimum Gasteiger partial charge on any atom is -0.491 e. The van der Waals surface area contributed by atoms with E-state index in [0.29, 0.717) is 12.6 Å². The number of ether oxygens (including phenoxy) is 1. The first kappa shape index (κ1) is 13.9. The lowest BCUT2D eigenvalue weighted by atomic mass is 9.90. The number of hydrogen-bond donors (Lipinski definition) is 1. The van der Waals surface area contributed by atoms with E-state index in [1.165, 1.54) is 32.1 Å². The van der Waals surface area contributed by atoms with Gasteiger partial charge in [-0.3, -0.25) is 4.90 Å². The van der Waals surface area contributed by atoms with Crippen LogP contribution in [0.15, 0.2) is 18.2 Å². The fraction of sp³-hybridized carbons (Fsp3) is 0.647. The van der Waals surface area contributed by atoms with E-state index in [-0.39, 0.29) is 6.04 Å².